The normalized spacial score (nSPS) is 13.8. The molecule has 1 nitrogen and oxygen atoms in total. The minimum atomic E-state index is -0.463. The van der Waals surface area contributed by atoms with E-state index in [1.165, 1.54) is 43.2 Å². The predicted molar refractivity (Wildman–Crippen MR) is 191 cm³/mol. The molecule has 0 atom stereocenters. The van der Waals surface area contributed by atoms with Gasteiger partial charge in [-0.25, -0.2) is 0 Å². The first-order chi connectivity index (χ1) is 22.7. The molecule has 1 spiro atoms. The first-order valence-electron chi connectivity index (χ1n) is 15.5. The van der Waals surface area contributed by atoms with E-state index in [1.807, 2.05) is 23.9 Å². The minimum absolute atomic E-state index is 0.463. The highest BCUT2D eigenvalue weighted by molar-refractivity contribution is 7.99. The molecule has 0 radical (unpaired) electrons. The van der Waals surface area contributed by atoms with Gasteiger partial charge in [-0.2, -0.15) is 0 Å². The lowest BCUT2D eigenvalue weighted by atomic mass is 9.67. The Hall–Kier alpha value is -5.02. The Labute approximate surface area is 276 Å². The molecule has 1 aromatic heterocycles. The molecule has 0 N–H and O–H groups in total. The van der Waals surface area contributed by atoms with Crippen LogP contribution in [-0.2, 0) is 5.41 Å². The third-order valence-electron chi connectivity index (χ3n) is 9.80. The summed E-state index contributed by atoms with van der Waals surface area (Å²) in [4.78, 5) is 2.53. The summed E-state index contributed by atoms with van der Waals surface area (Å²) in [5.41, 5.74) is 13.7. The van der Waals surface area contributed by atoms with E-state index in [4.69, 9.17) is 16.0 Å². The van der Waals surface area contributed by atoms with Crippen LogP contribution in [0, 0.1) is 0 Å². The fourth-order valence-electron chi connectivity index (χ4n) is 7.90. The Morgan fingerprint density at radius 1 is 0.457 bits per heavy atom. The van der Waals surface area contributed by atoms with Gasteiger partial charge in [-0.15, -0.1) is 0 Å². The lowest BCUT2D eigenvalue weighted by Crippen LogP contribution is -2.32. The van der Waals surface area contributed by atoms with E-state index in [1.54, 1.807) is 0 Å². The smallest absolute Gasteiger partial charge is 0.135 e. The number of halogens is 1. The summed E-state index contributed by atoms with van der Waals surface area (Å²) in [6.45, 7) is 0. The molecule has 46 heavy (non-hydrogen) atoms. The zero-order chi connectivity index (χ0) is 30.4. The SMILES string of the molecule is Clc1cc(-c2cccc(-c3ccc4oc5ccccc5c4c3)c2)c2c(c1)C1(c3ccccc3S2)c2ccccc2-c2ccccc21. The third-order valence-corrected chi connectivity index (χ3v) is 11.2. The Balaban J connectivity index is 1.22. The van der Waals surface area contributed by atoms with Crippen LogP contribution in [-0.4, -0.2) is 0 Å². The summed E-state index contributed by atoms with van der Waals surface area (Å²) in [5.74, 6) is 0. The van der Waals surface area contributed by atoms with Crippen LogP contribution in [0.25, 0.3) is 55.3 Å². The molecule has 0 unspecified atom stereocenters. The van der Waals surface area contributed by atoms with Crippen LogP contribution in [0.3, 0.4) is 0 Å². The van der Waals surface area contributed by atoms with Crippen molar-refractivity contribution in [2.45, 2.75) is 15.2 Å². The largest absolute Gasteiger partial charge is 0.456 e. The van der Waals surface area contributed by atoms with Crippen LogP contribution < -0.4 is 0 Å². The van der Waals surface area contributed by atoms with Gasteiger partial charge < -0.3 is 4.42 Å². The summed E-state index contributed by atoms with van der Waals surface area (Å²) in [7, 11) is 0. The molecule has 8 aromatic rings. The van der Waals surface area contributed by atoms with Gasteiger partial charge in [-0.1, -0.05) is 133 Å². The predicted octanol–water partition coefficient (Wildman–Crippen LogP) is 12.4. The maximum absolute atomic E-state index is 7.12. The lowest BCUT2D eigenvalue weighted by molar-refractivity contribution is 0.669. The molecule has 2 heterocycles. The molecule has 7 aromatic carbocycles. The van der Waals surface area contributed by atoms with Gasteiger partial charge in [0, 0.05) is 25.6 Å². The summed E-state index contributed by atoms with van der Waals surface area (Å²) in [6.07, 6.45) is 0. The Morgan fingerprint density at radius 2 is 1.11 bits per heavy atom. The molecule has 216 valence electrons. The molecule has 1 aliphatic carbocycles. The van der Waals surface area contributed by atoms with Crippen molar-refractivity contribution < 1.29 is 4.42 Å². The summed E-state index contributed by atoms with van der Waals surface area (Å²) in [6, 6.07) is 54.7. The zero-order valence-electron chi connectivity index (χ0n) is 24.6. The van der Waals surface area contributed by atoms with Gasteiger partial charge in [-0.05, 0) is 98.1 Å². The second-order valence-corrected chi connectivity index (χ2v) is 13.6. The Morgan fingerprint density at radius 3 is 1.93 bits per heavy atom. The second kappa shape index (κ2) is 9.74. The quantitative estimate of drug-likeness (QED) is 0.190. The number of furan rings is 1. The molecular weight excluding hydrogens is 600 g/mol. The Kier molecular flexibility index (Phi) is 5.55. The molecule has 0 fully saturated rings. The minimum Gasteiger partial charge on any atom is -0.456 e. The fourth-order valence-corrected chi connectivity index (χ4v) is 9.43. The van der Waals surface area contributed by atoms with Gasteiger partial charge in [0.2, 0.25) is 0 Å². The van der Waals surface area contributed by atoms with E-state index < -0.39 is 5.41 Å². The van der Waals surface area contributed by atoms with Crippen molar-refractivity contribution in [2.75, 3.05) is 0 Å². The summed E-state index contributed by atoms with van der Waals surface area (Å²) in [5, 5.41) is 3.01. The highest BCUT2D eigenvalue weighted by atomic mass is 35.5. The highest BCUT2D eigenvalue weighted by Crippen LogP contribution is 2.63. The number of benzene rings is 7. The number of hydrogen-bond donors (Lipinski definition) is 0. The van der Waals surface area contributed by atoms with E-state index in [2.05, 4.69) is 140 Å². The van der Waals surface area contributed by atoms with Gasteiger partial charge in [0.1, 0.15) is 11.2 Å². The number of para-hydroxylation sites is 1. The fraction of sp³-hybridized carbons (Fsp3) is 0.0233. The second-order valence-electron chi connectivity index (χ2n) is 12.2. The van der Waals surface area contributed by atoms with Gasteiger partial charge >= 0.3 is 0 Å². The van der Waals surface area contributed by atoms with Gasteiger partial charge in [-0.3, -0.25) is 0 Å². The summed E-state index contributed by atoms with van der Waals surface area (Å²) < 4.78 is 6.12. The molecule has 0 bridgehead atoms. The van der Waals surface area contributed by atoms with Crippen LogP contribution in [0.2, 0.25) is 5.02 Å². The first-order valence-corrected chi connectivity index (χ1v) is 16.7. The molecule has 2 aliphatic rings. The van der Waals surface area contributed by atoms with Crippen molar-refractivity contribution in [1.29, 1.82) is 0 Å². The van der Waals surface area contributed by atoms with Gasteiger partial charge in [0.25, 0.3) is 0 Å². The van der Waals surface area contributed by atoms with Crippen molar-refractivity contribution in [3.63, 3.8) is 0 Å². The van der Waals surface area contributed by atoms with Crippen LogP contribution in [0.1, 0.15) is 22.3 Å². The van der Waals surface area contributed by atoms with Crippen molar-refractivity contribution in [2.24, 2.45) is 0 Å². The topological polar surface area (TPSA) is 13.1 Å². The van der Waals surface area contributed by atoms with E-state index in [9.17, 15) is 0 Å². The van der Waals surface area contributed by atoms with Crippen LogP contribution in [0.4, 0.5) is 0 Å². The van der Waals surface area contributed by atoms with Gasteiger partial charge in [0.05, 0.1) is 5.41 Å². The van der Waals surface area contributed by atoms with E-state index in [-0.39, 0.29) is 0 Å². The van der Waals surface area contributed by atoms with Crippen molar-refractivity contribution in [3.8, 4) is 33.4 Å². The van der Waals surface area contributed by atoms with Crippen LogP contribution >= 0.6 is 23.4 Å². The van der Waals surface area contributed by atoms with Gasteiger partial charge in [0.15, 0.2) is 0 Å². The molecule has 10 rings (SSSR count). The third kappa shape index (κ3) is 3.54. The maximum atomic E-state index is 7.12. The zero-order valence-corrected chi connectivity index (χ0v) is 26.2. The average Bonchev–Trinajstić information content (AvgIpc) is 3.62. The van der Waals surface area contributed by atoms with E-state index >= 15 is 0 Å². The number of hydrogen-bond acceptors (Lipinski definition) is 2. The molecule has 0 saturated heterocycles. The van der Waals surface area contributed by atoms with Crippen molar-refractivity contribution in [3.05, 3.63) is 179 Å². The standard InChI is InChI=1S/C43H25ClOS/c44-29-24-33(28-11-9-10-26(22-28)27-20-21-40-34(23-27)32-14-3-7-18-39(32)45-40)42-38(25-29)43(37-17-6-8-19-41(37)46-42)35-15-4-1-12-30(35)31-13-2-5-16-36(31)43/h1-25H. The number of rotatable bonds is 2. The van der Waals surface area contributed by atoms with Crippen molar-refractivity contribution >= 4 is 45.3 Å². The summed E-state index contributed by atoms with van der Waals surface area (Å²) >= 11 is 8.98. The maximum Gasteiger partial charge on any atom is 0.135 e. The monoisotopic (exact) mass is 624 g/mol. The molecule has 0 saturated carbocycles. The first kappa shape index (κ1) is 26.2. The molecular formula is C43H25ClOS. The Bertz CT molecular complexity index is 2490. The van der Waals surface area contributed by atoms with Crippen LogP contribution in [0.15, 0.2) is 166 Å². The lowest BCUT2D eigenvalue weighted by Gasteiger charge is -2.40. The van der Waals surface area contributed by atoms with E-state index in [0.717, 1.165) is 49.2 Å². The van der Waals surface area contributed by atoms with Crippen LogP contribution in [0.5, 0.6) is 0 Å². The average molecular weight is 625 g/mol. The molecule has 1 aliphatic heterocycles. The highest BCUT2D eigenvalue weighted by Gasteiger charge is 2.50. The van der Waals surface area contributed by atoms with Crippen molar-refractivity contribution in [1.82, 2.24) is 0 Å². The molecule has 3 heteroatoms. The molecule has 0 amide bonds. The van der Waals surface area contributed by atoms with E-state index in [0.29, 0.717) is 0 Å². The number of fused-ring (bicyclic) bond motifs is 12.